The molecule has 0 saturated carbocycles. The van der Waals surface area contributed by atoms with E-state index in [1.807, 2.05) is 42.5 Å². The molecular weight excluding hydrogens is 550 g/mol. The largest absolute Gasteiger partial charge is 0.307 e. The summed E-state index contributed by atoms with van der Waals surface area (Å²) in [5.74, 6) is 8.06. The minimum atomic E-state index is 0.564. The Kier molecular flexibility index (Phi) is 5.72. The van der Waals surface area contributed by atoms with Crippen molar-refractivity contribution in [1.82, 2.24) is 24.1 Å². The first-order valence-electron chi connectivity index (χ1n) is 15.0. The second kappa shape index (κ2) is 10.2. The second-order valence-corrected chi connectivity index (χ2v) is 11.1. The monoisotopic (exact) mass is 575 g/mol. The van der Waals surface area contributed by atoms with Crippen LogP contribution in [0.3, 0.4) is 0 Å². The third-order valence-electron chi connectivity index (χ3n) is 8.44. The van der Waals surface area contributed by atoms with Gasteiger partial charge in [-0.3, -0.25) is 4.57 Å². The first-order chi connectivity index (χ1) is 22.3. The molecule has 5 nitrogen and oxygen atoms in total. The quantitative estimate of drug-likeness (QED) is 0.197. The molecule has 9 rings (SSSR count). The van der Waals surface area contributed by atoms with Crippen LogP contribution in [-0.2, 0) is 0 Å². The van der Waals surface area contributed by atoms with Gasteiger partial charge >= 0.3 is 0 Å². The van der Waals surface area contributed by atoms with Gasteiger partial charge in [-0.15, -0.1) is 0 Å². The Labute approximate surface area is 259 Å². The van der Waals surface area contributed by atoms with E-state index in [1.54, 1.807) is 0 Å². The third-order valence-corrected chi connectivity index (χ3v) is 8.44. The van der Waals surface area contributed by atoms with Gasteiger partial charge < -0.3 is 4.57 Å². The van der Waals surface area contributed by atoms with Gasteiger partial charge in [0.1, 0.15) is 0 Å². The average Bonchev–Trinajstić information content (AvgIpc) is 3.47. The number of hydrogen-bond donors (Lipinski definition) is 0. The van der Waals surface area contributed by atoms with Crippen molar-refractivity contribution in [2.75, 3.05) is 0 Å². The fraction of sp³-hybridized carbons (Fsp3) is 0.0250. The van der Waals surface area contributed by atoms with Crippen molar-refractivity contribution in [2.45, 2.75) is 6.42 Å². The van der Waals surface area contributed by atoms with Crippen molar-refractivity contribution < 1.29 is 0 Å². The van der Waals surface area contributed by atoms with Gasteiger partial charge in [0.2, 0.25) is 5.95 Å². The first kappa shape index (κ1) is 25.3. The van der Waals surface area contributed by atoms with Gasteiger partial charge in [-0.05, 0) is 30.3 Å². The molecule has 0 aliphatic heterocycles. The molecule has 0 amide bonds. The summed E-state index contributed by atoms with van der Waals surface area (Å²) < 4.78 is 4.59. The van der Waals surface area contributed by atoms with Crippen LogP contribution in [0.25, 0.3) is 72.2 Å². The molecule has 0 bridgehead atoms. The van der Waals surface area contributed by atoms with Crippen LogP contribution in [-0.4, -0.2) is 24.1 Å². The molecule has 0 radical (unpaired) electrons. The van der Waals surface area contributed by atoms with Gasteiger partial charge in [0.25, 0.3) is 0 Å². The van der Waals surface area contributed by atoms with Gasteiger partial charge in [-0.1, -0.05) is 121 Å². The number of rotatable bonds is 4. The molecular formula is C40H25N5. The fourth-order valence-corrected chi connectivity index (χ4v) is 6.48. The van der Waals surface area contributed by atoms with Crippen LogP contribution in [0.1, 0.15) is 12.2 Å². The van der Waals surface area contributed by atoms with E-state index in [1.165, 1.54) is 10.8 Å². The summed E-state index contributed by atoms with van der Waals surface area (Å²) in [7, 11) is 0. The molecule has 210 valence electrons. The molecule has 0 fully saturated rings. The van der Waals surface area contributed by atoms with E-state index >= 15 is 0 Å². The van der Waals surface area contributed by atoms with Crippen LogP contribution in [0.15, 0.2) is 140 Å². The molecule has 0 unspecified atom stereocenters. The maximum Gasteiger partial charge on any atom is 0.238 e. The molecule has 1 aliphatic rings. The lowest BCUT2D eigenvalue weighted by molar-refractivity contribution is 0.932. The summed E-state index contributed by atoms with van der Waals surface area (Å²) in [6.07, 6.45) is 6.69. The second-order valence-electron chi connectivity index (χ2n) is 11.1. The van der Waals surface area contributed by atoms with Crippen molar-refractivity contribution in [3.8, 4) is 34.9 Å². The standard InChI is InChI=1S/C40H25N5/c1-2-6-16-27(15-5-1)38-41-39(28-17-7-3-8-18-28)43-40(42-38)45-35-24-14-12-22-31(35)33-26-25-32-30-21-11-13-23-34(30)44(36(32)37(33)45)29-19-9-4-10-20-29/h3-5,7-26H,1H2. The number of benzene rings is 5. The number of allylic oxidation sites excluding steroid dienone is 4. The zero-order chi connectivity index (χ0) is 29.7. The highest BCUT2D eigenvalue weighted by molar-refractivity contribution is 6.23. The van der Waals surface area contributed by atoms with Crippen molar-refractivity contribution in [1.29, 1.82) is 0 Å². The Hall–Kier alpha value is -6.25. The summed E-state index contributed by atoms with van der Waals surface area (Å²) in [4.78, 5) is 15.3. The summed E-state index contributed by atoms with van der Waals surface area (Å²) in [5.41, 5.74) is 7.24. The third kappa shape index (κ3) is 4.01. The number of fused-ring (bicyclic) bond motifs is 7. The molecule has 0 saturated heterocycles. The van der Waals surface area contributed by atoms with Gasteiger partial charge in [0.15, 0.2) is 11.6 Å². The molecule has 0 spiro atoms. The SMILES string of the molecule is C1#CCC=CC(c2nc(-c3ccccc3)nc(-n3c4ccccc4c4ccc5c6ccccc6n(-c6ccccc6)c5c43)n2)=C1. The Morgan fingerprint density at radius 2 is 1.13 bits per heavy atom. The maximum absolute atomic E-state index is 5.17. The van der Waals surface area contributed by atoms with E-state index in [2.05, 4.69) is 118 Å². The topological polar surface area (TPSA) is 48.5 Å². The van der Waals surface area contributed by atoms with Gasteiger partial charge in [0, 0.05) is 44.8 Å². The minimum absolute atomic E-state index is 0.564. The smallest absolute Gasteiger partial charge is 0.238 e. The molecule has 0 N–H and O–H groups in total. The number of hydrogen-bond acceptors (Lipinski definition) is 3. The minimum Gasteiger partial charge on any atom is -0.307 e. The zero-order valence-electron chi connectivity index (χ0n) is 24.2. The van der Waals surface area contributed by atoms with Crippen LogP contribution >= 0.6 is 0 Å². The number of para-hydroxylation sites is 3. The summed E-state index contributed by atoms with van der Waals surface area (Å²) in [6.45, 7) is 0. The van der Waals surface area contributed by atoms with Crippen LogP contribution in [0.2, 0.25) is 0 Å². The maximum atomic E-state index is 5.17. The molecule has 8 aromatic rings. The highest BCUT2D eigenvalue weighted by atomic mass is 15.2. The summed E-state index contributed by atoms with van der Waals surface area (Å²) >= 11 is 0. The van der Waals surface area contributed by atoms with Gasteiger partial charge in [0.05, 0.1) is 22.1 Å². The molecule has 45 heavy (non-hydrogen) atoms. The molecule has 0 atom stereocenters. The average molecular weight is 576 g/mol. The van der Waals surface area contributed by atoms with Gasteiger partial charge in [-0.25, -0.2) is 4.98 Å². The Balaban J connectivity index is 1.46. The van der Waals surface area contributed by atoms with Crippen molar-refractivity contribution >= 4 is 49.2 Å². The predicted octanol–water partition coefficient (Wildman–Crippen LogP) is 9.08. The van der Waals surface area contributed by atoms with E-state index in [9.17, 15) is 0 Å². The van der Waals surface area contributed by atoms with Crippen molar-refractivity contribution in [2.24, 2.45) is 0 Å². The first-order valence-corrected chi connectivity index (χ1v) is 15.0. The van der Waals surface area contributed by atoms with Crippen LogP contribution in [0, 0.1) is 11.8 Å². The normalized spacial score (nSPS) is 12.8. The lowest BCUT2D eigenvalue weighted by Crippen LogP contribution is -2.08. The Morgan fingerprint density at radius 1 is 0.533 bits per heavy atom. The van der Waals surface area contributed by atoms with Crippen molar-refractivity contribution in [3.05, 3.63) is 145 Å². The zero-order valence-corrected chi connectivity index (χ0v) is 24.2. The van der Waals surface area contributed by atoms with E-state index in [4.69, 9.17) is 15.0 Å². The van der Waals surface area contributed by atoms with Crippen LogP contribution in [0.4, 0.5) is 0 Å². The van der Waals surface area contributed by atoms with Crippen LogP contribution < -0.4 is 0 Å². The number of aromatic nitrogens is 5. The summed E-state index contributed by atoms with van der Waals surface area (Å²) in [5, 5.41) is 4.65. The van der Waals surface area contributed by atoms with Crippen molar-refractivity contribution in [3.63, 3.8) is 0 Å². The molecule has 1 aliphatic carbocycles. The highest BCUT2D eigenvalue weighted by Crippen LogP contribution is 2.41. The summed E-state index contributed by atoms with van der Waals surface area (Å²) in [6, 6.07) is 42.3. The van der Waals surface area contributed by atoms with E-state index in [0.29, 0.717) is 24.0 Å². The van der Waals surface area contributed by atoms with E-state index < -0.39 is 0 Å². The van der Waals surface area contributed by atoms with E-state index in [0.717, 1.165) is 49.7 Å². The lowest BCUT2D eigenvalue weighted by atomic mass is 10.1. The molecule has 5 aromatic carbocycles. The molecule has 5 heteroatoms. The molecule has 3 aromatic heterocycles. The number of nitrogens with zero attached hydrogens (tertiary/aromatic N) is 5. The lowest BCUT2D eigenvalue weighted by Gasteiger charge is -2.13. The predicted molar refractivity (Wildman–Crippen MR) is 183 cm³/mol. The Morgan fingerprint density at radius 3 is 1.87 bits per heavy atom. The Bertz CT molecular complexity index is 2560. The van der Waals surface area contributed by atoms with Gasteiger partial charge in [-0.2, -0.15) is 9.97 Å². The van der Waals surface area contributed by atoms with E-state index in [-0.39, 0.29) is 0 Å². The fourth-order valence-electron chi connectivity index (χ4n) is 6.48. The van der Waals surface area contributed by atoms with Crippen LogP contribution in [0.5, 0.6) is 0 Å². The highest BCUT2D eigenvalue weighted by Gasteiger charge is 2.23. The molecule has 3 heterocycles.